The van der Waals surface area contributed by atoms with Crippen molar-refractivity contribution in [2.45, 2.75) is 13.0 Å². The zero-order chi connectivity index (χ0) is 12.5. The molecule has 2 aromatic heterocycles. The predicted molar refractivity (Wildman–Crippen MR) is 65.4 cm³/mol. The summed E-state index contributed by atoms with van der Waals surface area (Å²) >= 11 is 0. The van der Waals surface area contributed by atoms with Gasteiger partial charge in [-0.15, -0.1) is 0 Å². The van der Waals surface area contributed by atoms with Crippen molar-refractivity contribution in [2.24, 2.45) is 5.73 Å². The van der Waals surface area contributed by atoms with Gasteiger partial charge >= 0.3 is 0 Å². The van der Waals surface area contributed by atoms with E-state index in [9.17, 15) is 0 Å². The summed E-state index contributed by atoms with van der Waals surface area (Å²) in [5.41, 5.74) is 8.13. The lowest BCUT2D eigenvalue weighted by Crippen LogP contribution is -2.04. The molecule has 0 radical (unpaired) electrons. The van der Waals surface area contributed by atoms with Crippen LogP contribution >= 0.6 is 0 Å². The summed E-state index contributed by atoms with van der Waals surface area (Å²) in [6.07, 6.45) is 3.31. The molecule has 0 spiro atoms. The first kappa shape index (κ1) is 10.8. The minimum absolute atomic E-state index is 0.272. The first-order chi connectivity index (χ1) is 8.74. The molecule has 0 aliphatic rings. The highest BCUT2D eigenvalue weighted by Gasteiger charge is 2.12. The van der Waals surface area contributed by atoms with Gasteiger partial charge in [0.15, 0.2) is 0 Å². The minimum atomic E-state index is -0.272. The predicted octanol–water partition coefficient (Wildman–Crippen LogP) is 1.70. The zero-order valence-corrected chi connectivity index (χ0v) is 9.74. The number of fused-ring (bicyclic) bond motifs is 1. The van der Waals surface area contributed by atoms with Gasteiger partial charge in [-0.05, 0) is 25.1 Å². The Morgan fingerprint density at radius 2 is 1.94 bits per heavy atom. The van der Waals surface area contributed by atoms with Crippen molar-refractivity contribution in [1.82, 2.24) is 20.1 Å². The quantitative estimate of drug-likeness (QED) is 0.734. The first-order valence-electron chi connectivity index (χ1n) is 5.54. The number of hydrogen-bond acceptors (Lipinski definition) is 6. The van der Waals surface area contributed by atoms with Crippen LogP contribution in [0.2, 0.25) is 0 Å². The summed E-state index contributed by atoms with van der Waals surface area (Å²) in [6.45, 7) is 1.79. The number of benzene rings is 1. The number of nitrogens with two attached hydrogens (primary N) is 1. The van der Waals surface area contributed by atoms with Crippen LogP contribution in [-0.4, -0.2) is 20.1 Å². The van der Waals surface area contributed by atoms with Crippen LogP contribution < -0.4 is 5.73 Å². The maximum atomic E-state index is 5.68. The molecule has 0 bridgehead atoms. The van der Waals surface area contributed by atoms with Crippen LogP contribution in [0.25, 0.3) is 22.4 Å². The van der Waals surface area contributed by atoms with Crippen LogP contribution in [0.1, 0.15) is 18.9 Å². The van der Waals surface area contributed by atoms with E-state index in [0.29, 0.717) is 11.7 Å². The Balaban J connectivity index is 2.07. The molecule has 0 fully saturated rings. The van der Waals surface area contributed by atoms with E-state index in [4.69, 9.17) is 10.3 Å². The molecule has 3 aromatic rings. The SMILES string of the molecule is CC(N)c1nc(-c2ccc3nccnc3c2)no1. The molecule has 18 heavy (non-hydrogen) atoms. The summed E-state index contributed by atoms with van der Waals surface area (Å²) in [6, 6.07) is 5.36. The topological polar surface area (TPSA) is 90.7 Å². The van der Waals surface area contributed by atoms with Crippen molar-refractivity contribution in [3.05, 3.63) is 36.5 Å². The van der Waals surface area contributed by atoms with E-state index >= 15 is 0 Å². The fourth-order valence-corrected chi connectivity index (χ4v) is 1.64. The number of hydrogen-bond donors (Lipinski definition) is 1. The van der Waals surface area contributed by atoms with E-state index in [1.54, 1.807) is 19.3 Å². The molecular formula is C12H11N5O. The molecule has 0 saturated carbocycles. The molecule has 1 aromatic carbocycles. The molecule has 0 aliphatic carbocycles. The van der Waals surface area contributed by atoms with Crippen LogP contribution in [0.5, 0.6) is 0 Å². The fourth-order valence-electron chi connectivity index (χ4n) is 1.64. The molecule has 0 aliphatic heterocycles. The van der Waals surface area contributed by atoms with Gasteiger partial charge in [-0.3, -0.25) is 9.97 Å². The van der Waals surface area contributed by atoms with Gasteiger partial charge in [0.05, 0.1) is 17.1 Å². The van der Waals surface area contributed by atoms with E-state index in [2.05, 4.69) is 20.1 Å². The van der Waals surface area contributed by atoms with Gasteiger partial charge < -0.3 is 10.3 Å². The second-order valence-electron chi connectivity index (χ2n) is 4.00. The van der Waals surface area contributed by atoms with Gasteiger partial charge in [0.1, 0.15) is 0 Å². The smallest absolute Gasteiger partial charge is 0.243 e. The second-order valence-corrected chi connectivity index (χ2v) is 4.00. The highest BCUT2D eigenvalue weighted by Crippen LogP contribution is 2.20. The van der Waals surface area contributed by atoms with Gasteiger partial charge in [-0.25, -0.2) is 0 Å². The molecule has 1 unspecified atom stereocenters. The summed E-state index contributed by atoms with van der Waals surface area (Å²) in [7, 11) is 0. The maximum Gasteiger partial charge on any atom is 0.243 e. The molecule has 90 valence electrons. The van der Waals surface area contributed by atoms with E-state index in [1.165, 1.54) is 0 Å². The maximum absolute atomic E-state index is 5.68. The van der Waals surface area contributed by atoms with Crippen LogP contribution in [0.3, 0.4) is 0 Å². The normalized spacial score (nSPS) is 12.8. The van der Waals surface area contributed by atoms with Crippen LogP contribution in [-0.2, 0) is 0 Å². The lowest BCUT2D eigenvalue weighted by atomic mass is 10.2. The molecule has 2 heterocycles. The van der Waals surface area contributed by atoms with Gasteiger partial charge in [-0.2, -0.15) is 4.98 Å². The van der Waals surface area contributed by atoms with Crippen molar-refractivity contribution in [2.75, 3.05) is 0 Å². The molecule has 0 amide bonds. The van der Waals surface area contributed by atoms with Crippen molar-refractivity contribution < 1.29 is 4.52 Å². The average molecular weight is 241 g/mol. The second kappa shape index (κ2) is 4.15. The Bertz CT molecular complexity index is 692. The largest absolute Gasteiger partial charge is 0.337 e. The molecule has 0 saturated heterocycles. The minimum Gasteiger partial charge on any atom is -0.337 e. The third-order valence-electron chi connectivity index (χ3n) is 2.56. The van der Waals surface area contributed by atoms with E-state index in [-0.39, 0.29) is 6.04 Å². The first-order valence-corrected chi connectivity index (χ1v) is 5.54. The summed E-state index contributed by atoms with van der Waals surface area (Å²) in [5, 5.41) is 3.90. The van der Waals surface area contributed by atoms with Gasteiger partial charge in [-0.1, -0.05) is 5.16 Å². The van der Waals surface area contributed by atoms with Gasteiger partial charge in [0.2, 0.25) is 11.7 Å². The summed E-state index contributed by atoms with van der Waals surface area (Å²) in [4.78, 5) is 12.7. The number of nitrogens with zero attached hydrogens (tertiary/aromatic N) is 4. The van der Waals surface area contributed by atoms with E-state index < -0.39 is 0 Å². The number of rotatable bonds is 2. The third-order valence-corrected chi connectivity index (χ3v) is 2.56. The van der Waals surface area contributed by atoms with Crippen molar-refractivity contribution >= 4 is 11.0 Å². The van der Waals surface area contributed by atoms with E-state index in [0.717, 1.165) is 16.6 Å². The van der Waals surface area contributed by atoms with E-state index in [1.807, 2.05) is 18.2 Å². The molecular weight excluding hydrogens is 230 g/mol. The Kier molecular flexibility index (Phi) is 2.49. The van der Waals surface area contributed by atoms with Gasteiger partial charge in [0, 0.05) is 18.0 Å². The molecule has 6 heteroatoms. The van der Waals surface area contributed by atoms with Crippen LogP contribution in [0.4, 0.5) is 0 Å². The molecule has 3 rings (SSSR count). The number of aromatic nitrogens is 4. The molecule has 6 nitrogen and oxygen atoms in total. The van der Waals surface area contributed by atoms with Crippen LogP contribution in [0, 0.1) is 0 Å². The average Bonchev–Trinajstić information content (AvgIpc) is 2.88. The Morgan fingerprint density at radius 3 is 2.67 bits per heavy atom. The monoisotopic (exact) mass is 241 g/mol. The Morgan fingerprint density at radius 1 is 1.17 bits per heavy atom. The standard InChI is InChI=1S/C12H11N5O/c1-7(13)12-16-11(17-18-12)8-2-3-9-10(6-8)15-5-4-14-9/h2-7H,13H2,1H3. The van der Waals surface area contributed by atoms with Gasteiger partial charge in [0.25, 0.3) is 0 Å². The molecule has 2 N–H and O–H groups in total. The highest BCUT2D eigenvalue weighted by atomic mass is 16.5. The van der Waals surface area contributed by atoms with Crippen molar-refractivity contribution in [1.29, 1.82) is 0 Å². The summed E-state index contributed by atoms with van der Waals surface area (Å²) < 4.78 is 5.07. The third kappa shape index (κ3) is 1.82. The highest BCUT2D eigenvalue weighted by molar-refractivity contribution is 5.79. The summed E-state index contributed by atoms with van der Waals surface area (Å²) in [5.74, 6) is 0.930. The lowest BCUT2D eigenvalue weighted by molar-refractivity contribution is 0.362. The Labute approximate surface area is 103 Å². The van der Waals surface area contributed by atoms with Crippen molar-refractivity contribution in [3.63, 3.8) is 0 Å². The fraction of sp³-hybridized carbons (Fsp3) is 0.167. The van der Waals surface area contributed by atoms with Crippen LogP contribution in [0.15, 0.2) is 35.1 Å². The zero-order valence-electron chi connectivity index (χ0n) is 9.74. The lowest BCUT2D eigenvalue weighted by Gasteiger charge is -1.97. The van der Waals surface area contributed by atoms with Crippen molar-refractivity contribution in [3.8, 4) is 11.4 Å². The molecule has 1 atom stereocenters. The Hall–Kier alpha value is -2.34.